The lowest BCUT2D eigenvalue weighted by atomic mass is 10.0. The van der Waals surface area contributed by atoms with Crippen LogP contribution in [0.5, 0.6) is 5.75 Å². The number of alkyl halides is 1. The van der Waals surface area contributed by atoms with Gasteiger partial charge >= 0.3 is 0 Å². The van der Waals surface area contributed by atoms with Crippen molar-refractivity contribution >= 4 is 28.3 Å². The van der Waals surface area contributed by atoms with Crippen LogP contribution in [0.25, 0.3) is 0 Å². The Bertz CT molecular complexity index is 593. The predicted molar refractivity (Wildman–Crippen MR) is 86.1 cm³/mol. The highest BCUT2D eigenvalue weighted by Gasteiger charge is 2.41. The SMILES string of the molecule is Cc1cc(OC2C(C3CC3)=NNC2I)cc(C)c1C#N. The molecule has 3 rings (SSSR count). The van der Waals surface area contributed by atoms with Crippen LogP contribution in [-0.4, -0.2) is 15.9 Å². The van der Waals surface area contributed by atoms with Crippen LogP contribution in [0.2, 0.25) is 0 Å². The van der Waals surface area contributed by atoms with E-state index in [1.165, 1.54) is 12.8 Å². The first-order chi connectivity index (χ1) is 9.60. The Kier molecular flexibility index (Phi) is 3.59. The molecule has 0 saturated heterocycles. The van der Waals surface area contributed by atoms with Gasteiger partial charge in [-0.05, 0) is 49.9 Å². The summed E-state index contributed by atoms with van der Waals surface area (Å²) in [5, 5.41) is 13.5. The first-order valence-corrected chi connectivity index (χ1v) is 8.00. The molecule has 1 heterocycles. The Morgan fingerprint density at radius 1 is 1.35 bits per heavy atom. The number of hydrogen-bond acceptors (Lipinski definition) is 4. The highest BCUT2D eigenvalue weighted by Crippen LogP contribution is 2.36. The fourth-order valence-electron chi connectivity index (χ4n) is 2.56. The normalized spacial score (nSPS) is 24.8. The molecule has 5 heteroatoms. The smallest absolute Gasteiger partial charge is 0.169 e. The van der Waals surface area contributed by atoms with Crippen molar-refractivity contribution in [2.75, 3.05) is 0 Å². The average Bonchev–Trinajstić information content (AvgIpc) is 3.16. The maximum atomic E-state index is 9.12. The van der Waals surface area contributed by atoms with Crippen molar-refractivity contribution in [2.24, 2.45) is 11.0 Å². The molecule has 1 aliphatic carbocycles. The zero-order valence-electron chi connectivity index (χ0n) is 11.5. The first-order valence-electron chi connectivity index (χ1n) is 6.75. The van der Waals surface area contributed by atoms with E-state index in [1.54, 1.807) is 0 Å². The van der Waals surface area contributed by atoms with Crippen LogP contribution in [0.15, 0.2) is 17.2 Å². The number of benzene rings is 1. The quantitative estimate of drug-likeness (QED) is 0.498. The van der Waals surface area contributed by atoms with Gasteiger partial charge in [0.1, 0.15) is 9.80 Å². The van der Waals surface area contributed by atoms with Crippen molar-refractivity contribution in [1.29, 1.82) is 5.26 Å². The number of ether oxygens (including phenoxy) is 1. The Labute approximate surface area is 132 Å². The summed E-state index contributed by atoms with van der Waals surface area (Å²) in [6.45, 7) is 3.89. The van der Waals surface area contributed by atoms with Gasteiger partial charge in [0, 0.05) is 5.92 Å². The third-order valence-corrected chi connectivity index (χ3v) is 4.68. The number of rotatable bonds is 3. The molecule has 1 aromatic rings. The van der Waals surface area contributed by atoms with Gasteiger partial charge in [-0.25, -0.2) is 0 Å². The number of halogens is 1. The van der Waals surface area contributed by atoms with Gasteiger partial charge < -0.3 is 4.74 Å². The molecule has 0 radical (unpaired) electrons. The van der Waals surface area contributed by atoms with Gasteiger partial charge in [-0.3, -0.25) is 5.43 Å². The number of nitrogens with zero attached hydrogens (tertiary/aromatic N) is 2. The Morgan fingerprint density at radius 3 is 2.55 bits per heavy atom. The highest BCUT2D eigenvalue weighted by molar-refractivity contribution is 14.1. The molecular formula is C15H16IN3O. The Morgan fingerprint density at radius 2 is 2.00 bits per heavy atom. The standard InChI is InChI=1S/C15H16IN3O/c1-8-5-11(6-9(2)12(8)7-17)20-14-13(10-3-4-10)18-19-15(14)16/h5-6,10,14-15,19H,3-4H2,1-2H3. The number of nitrogens with one attached hydrogen (secondary N) is 1. The second-order valence-corrected chi connectivity index (χ2v) is 6.77. The molecule has 4 nitrogen and oxygen atoms in total. The fourth-order valence-corrected chi connectivity index (χ4v) is 3.21. The van der Waals surface area contributed by atoms with E-state index in [1.807, 2.05) is 26.0 Å². The summed E-state index contributed by atoms with van der Waals surface area (Å²) in [5.74, 6) is 1.41. The molecule has 1 aliphatic heterocycles. The molecule has 2 unspecified atom stereocenters. The molecule has 2 aliphatic rings. The second-order valence-electron chi connectivity index (χ2n) is 5.42. The van der Waals surface area contributed by atoms with E-state index in [9.17, 15) is 0 Å². The van der Waals surface area contributed by atoms with Crippen LogP contribution < -0.4 is 10.2 Å². The van der Waals surface area contributed by atoms with Crippen LogP contribution in [0.4, 0.5) is 0 Å². The van der Waals surface area contributed by atoms with Crippen molar-refractivity contribution < 1.29 is 4.74 Å². The number of nitriles is 1. The summed E-state index contributed by atoms with van der Waals surface area (Å²) in [4.78, 5) is 0. The fraction of sp³-hybridized carbons (Fsp3) is 0.467. The Hall–Kier alpha value is -1.29. The number of hydrazone groups is 1. The zero-order valence-corrected chi connectivity index (χ0v) is 13.6. The summed E-state index contributed by atoms with van der Waals surface area (Å²) < 4.78 is 6.32. The minimum atomic E-state index is -0.00478. The lowest BCUT2D eigenvalue weighted by Crippen LogP contribution is -2.35. The molecule has 2 atom stereocenters. The predicted octanol–water partition coefficient (Wildman–Crippen LogP) is 3.05. The topological polar surface area (TPSA) is 57.4 Å². The second kappa shape index (κ2) is 5.24. The minimum absolute atomic E-state index is 0.00478. The van der Waals surface area contributed by atoms with E-state index in [4.69, 9.17) is 10.00 Å². The molecular weight excluding hydrogens is 365 g/mol. The Balaban J connectivity index is 1.84. The van der Waals surface area contributed by atoms with E-state index in [0.717, 1.165) is 28.2 Å². The summed E-state index contributed by atoms with van der Waals surface area (Å²) in [6, 6.07) is 6.12. The van der Waals surface area contributed by atoms with Gasteiger partial charge in [0.15, 0.2) is 6.10 Å². The van der Waals surface area contributed by atoms with E-state index >= 15 is 0 Å². The maximum Gasteiger partial charge on any atom is 0.169 e. The monoisotopic (exact) mass is 381 g/mol. The minimum Gasteiger partial charge on any atom is -0.481 e. The molecule has 104 valence electrons. The summed E-state index contributed by atoms with van der Waals surface area (Å²) in [5.41, 5.74) is 6.92. The molecule has 1 aromatic carbocycles. The average molecular weight is 381 g/mol. The van der Waals surface area contributed by atoms with Gasteiger partial charge in [-0.1, -0.05) is 22.6 Å². The van der Waals surface area contributed by atoms with E-state index in [-0.39, 0.29) is 10.2 Å². The van der Waals surface area contributed by atoms with Crippen molar-refractivity contribution in [3.63, 3.8) is 0 Å². The summed E-state index contributed by atoms with van der Waals surface area (Å²) >= 11 is 2.33. The number of aryl methyl sites for hydroxylation is 2. The molecule has 0 amide bonds. The highest BCUT2D eigenvalue weighted by atomic mass is 127. The van der Waals surface area contributed by atoms with Crippen LogP contribution in [0.1, 0.15) is 29.5 Å². The van der Waals surface area contributed by atoms with E-state index in [2.05, 4.69) is 39.2 Å². The molecule has 1 N–H and O–H groups in total. The van der Waals surface area contributed by atoms with Crippen LogP contribution >= 0.6 is 22.6 Å². The van der Waals surface area contributed by atoms with E-state index < -0.39 is 0 Å². The van der Waals surface area contributed by atoms with Crippen molar-refractivity contribution in [1.82, 2.24) is 5.43 Å². The maximum absolute atomic E-state index is 9.12. The summed E-state index contributed by atoms with van der Waals surface area (Å²) in [7, 11) is 0. The molecule has 0 spiro atoms. The van der Waals surface area contributed by atoms with Crippen molar-refractivity contribution in [3.05, 3.63) is 28.8 Å². The number of hydrogen-bond donors (Lipinski definition) is 1. The van der Waals surface area contributed by atoms with Crippen molar-refractivity contribution in [2.45, 2.75) is 36.8 Å². The molecule has 0 aromatic heterocycles. The largest absolute Gasteiger partial charge is 0.481 e. The lowest BCUT2D eigenvalue weighted by Gasteiger charge is -2.19. The third kappa shape index (κ3) is 2.49. The van der Waals surface area contributed by atoms with Gasteiger partial charge in [0.2, 0.25) is 0 Å². The van der Waals surface area contributed by atoms with Crippen molar-refractivity contribution in [3.8, 4) is 11.8 Å². The zero-order chi connectivity index (χ0) is 14.3. The van der Waals surface area contributed by atoms with Crippen LogP contribution in [0, 0.1) is 31.1 Å². The van der Waals surface area contributed by atoms with Gasteiger partial charge in [0.25, 0.3) is 0 Å². The van der Waals surface area contributed by atoms with Crippen LogP contribution in [-0.2, 0) is 0 Å². The van der Waals surface area contributed by atoms with E-state index in [0.29, 0.717) is 5.92 Å². The van der Waals surface area contributed by atoms with Gasteiger partial charge in [-0.2, -0.15) is 10.4 Å². The third-order valence-electron chi connectivity index (χ3n) is 3.75. The molecule has 0 bridgehead atoms. The molecule has 1 fully saturated rings. The lowest BCUT2D eigenvalue weighted by molar-refractivity contribution is 0.266. The molecule has 20 heavy (non-hydrogen) atoms. The van der Waals surface area contributed by atoms with Gasteiger partial charge in [0.05, 0.1) is 17.3 Å². The van der Waals surface area contributed by atoms with Crippen LogP contribution in [0.3, 0.4) is 0 Å². The molecule has 1 saturated carbocycles. The summed E-state index contributed by atoms with van der Waals surface area (Å²) in [6.07, 6.45) is 2.43. The first kappa shape index (κ1) is 13.7. The van der Waals surface area contributed by atoms with Gasteiger partial charge in [-0.15, -0.1) is 0 Å².